The predicted molar refractivity (Wildman–Crippen MR) is 87.9 cm³/mol. The van der Waals surface area contributed by atoms with Crippen LogP contribution in [0.15, 0.2) is 28.6 Å². The van der Waals surface area contributed by atoms with Gasteiger partial charge in [0.15, 0.2) is 0 Å². The van der Waals surface area contributed by atoms with Crippen LogP contribution in [0.3, 0.4) is 0 Å². The van der Waals surface area contributed by atoms with E-state index in [1.165, 1.54) is 11.3 Å². The standard InChI is InChI=1S/C15H19N5OS/c1-3-5-20-9-11(7-16-20)8-19(2)10-13-17-12-4-6-22-14(12)15(21)18-13/h4,6-7,9H,3,5,8,10H2,1-2H3,(H,17,18,21). The topological polar surface area (TPSA) is 66.8 Å². The molecule has 0 aromatic carbocycles. The fourth-order valence-corrected chi connectivity index (χ4v) is 3.18. The first kappa shape index (κ1) is 14.9. The SMILES string of the molecule is CCCn1cc(CN(C)Cc2nc3ccsc3c(=O)[nH]2)cn1. The van der Waals surface area contributed by atoms with Crippen molar-refractivity contribution in [2.24, 2.45) is 0 Å². The first-order chi connectivity index (χ1) is 10.7. The number of aromatic nitrogens is 4. The van der Waals surface area contributed by atoms with E-state index in [0.29, 0.717) is 17.1 Å². The molecule has 0 aliphatic carbocycles. The lowest BCUT2D eigenvalue weighted by Crippen LogP contribution is -2.21. The number of nitrogens with zero attached hydrogens (tertiary/aromatic N) is 4. The minimum absolute atomic E-state index is 0.0563. The maximum atomic E-state index is 12.0. The van der Waals surface area contributed by atoms with Crippen LogP contribution < -0.4 is 5.56 Å². The van der Waals surface area contributed by atoms with Gasteiger partial charge in [0.2, 0.25) is 0 Å². The third kappa shape index (κ3) is 3.26. The minimum Gasteiger partial charge on any atom is -0.308 e. The third-order valence-corrected chi connectivity index (χ3v) is 4.28. The lowest BCUT2D eigenvalue weighted by Gasteiger charge is -2.14. The summed E-state index contributed by atoms with van der Waals surface area (Å²) in [5, 5.41) is 6.22. The van der Waals surface area contributed by atoms with Crippen LogP contribution in [-0.4, -0.2) is 31.7 Å². The molecule has 0 aliphatic rings. The molecule has 0 fully saturated rings. The van der Waals surface area contributed by atoms with Gasteiger partial charge < -0.3 is 4.98 Å². The van der Waals surface area contributed by atoms with Gasteiger partial charge >= 0.3 is 0 Å². The summed E-state index contributed by atoms with van der Waals surface area (Å²) in [6.07, 6.45) is 5.03. The molecule has 3 heterocycles. The zero-order chi connectivity index (χ0) is 15.5. The van der Waals surface area contributed by atoms with E-state index in [0.717, 1.165) is 30.6 Å². The van der Waals surface area contributed by atoms with Crippen LogP contribution in [0.25, 0.3) is 10.2 Å². The van der Waals surface area contributed by atoms with Crippen LogP contribution in [0.4, 0.5) is 0 Å². The van der Waals surface area contributed by atoms with Gasteiger partial charge in [-0.25, -0.2) is 4.98 Å². The molecule has 0 aliphatic heterocycles. The summed E-state index contributed by atoms with van der Waals surface area (Å²) < 4.78 is 2.65. The fourth-order valence-electron chi connectivity index (χ4n) is 2.46. The molecule has 6 nitrogen and oxygen atoms in total. The maximum Gasteiger partial charge on any atom is 0.268 e. The summed E-state index contributed by atoms with van der Waals surface area (Å²) in [7, 11) is 2.01. The molecular weight excluding hydrogens is 298 g/mol. The third-order valence-electron chi connectivity index (χ3n) is 3.38. The second-order valence-corrected chi connectivity index (χ2v) is 6.35. The van der Waals surface area contributed by atoms with Crippen molar-refractivity contribution in [3.8, 4) is 0 Å². The van der Waals surface area contributed by atoms with Gasteiger partial charge in [0, 0.05) is 24.8 Å². The van der Waals surface area contributed by atoms with Crippen LogP contribution >= 0.6 is 11.3 Å². The molecule has 0 unspecified atom stereocenters. The molecule has 3 aromatic rings. The lowest BCUT2D eigenvalue weighted by atomic mass is 10.3. The predicted octanol–water partition coefficient (Wildman–Crippen LogP) is 2.22. The van der Waals surface area contributed by atoms with Crippen molar-refractivity contribution >= 4 is 21.6 Å². The van der Waals surface area contributed by atoms with E-state index in [1.54, 1.807) is 0 Å². The zero-order valence-electron chi connectivity index (χ0n) is 12.7. The Hall–Kier alpha value is -1.99. The number of aryl methyl sites for hydroxylation is 1. The number of hydrogen-bond donors (Lipinski definition) is 1. The van der Waals surface area contributed by atoms with Crippen molar-refractivity contribution in [2.45, 2.75) is 33.0 Å². The molecule has 22 heavy (non-hydrogen) atoms. The number of hydrogen-bond acceptors (Lipinski definition) is 5. The first-order valence-corrected chi connectivity index (χ1v) is 8.20. The molecule has 0 saturated carbocycles. The lowest BCUT2D eigenvalue weighted by molar-refractivity contribution is 0.310. The van der Waals surface area contributed by atoms with E-state index >= 15 is 0 Å². The Morgan fingerprint density at radius 1 is 1.41 bits per heavy atom. The van der Waals surface area contributed by atoms with Crippen molar-refractivity contribution in [3.05, 3.63) is 45.6 Å². The van der Waals surface area contributed by atoms with Crippen LogP contribution in [0, 0.1) is 0 Å². The average molecular weight is 317 g/mol. The molecular formula is C15H19N5OS. The highest BCUT2D eigenvalue weighted by Gasteiger charge is 2.08. The van der Waals surface area contributed by atoms with Gasteiger partial charge in [-0.1, -0.05) is 6.92 Å². The molecule has 3 aromatic heterocycles. The van der Waals surface area contributed by atoms with Gasteiger partial charge in [0.05, 0.1) is 18.3 Å². The van der Waals surface area contributed by atoms with E-state index in [4.69, 9.17) is 0 Å². The second-order valence-electron chi connectivity index (χ2n) is 5.43. The minimum atomic E-state index is -0.0563. The highest BCUT2D eigenvalue weighted by atomic mass is 32.1. The van der Waals surface area contributed by atoms with Gasteiger partial charge in [0.25, 0.3) is 5.56 Å². The molecule has 3 rings (SSSR count). The van der Waals surface area contributed by atoms with Crippen molar-refractivity contribution < 1.29 is 0 Å². The largest absolute Gasteiger partial charge is 0.308 e. The molecule has 7 heteroatoms. The van der Waals surface area contributed by atoms with Crippen molar-refractivity contribution in [3.63, 3.8) is 0 Å². The molecule has 0 radical (unpaired) electrons. The van der Waals surface area contributed by atoms with E-state index < -0.39 is 0 Å². The van der Waals surface area contributed by atoms with E-state index in [2.05, 4.69) is 33.1 Å². The molecule has 0 bridgehead atoms. The van der Waals surface area contributed by atoms with E-state index in [9.17, 15) is 4.79 Å². The van der Waals surface area contributed by atoms with Crippen molar-refractivity contribution in [1.82, 2.24) is 24.6 Å². The Morgan fingerprint density at radius 3 is 3.09 bits per heavy atom. The van der Waals surface area contributed by atoms with Crippen LogP contribution in [0.1, 0.15) is 24.7 Å². The zero-order valence-corrected chi connectivity index (χ0v) is 13.6. The Labute approximate surface area is 132 Å². The van der Waals surface area contributed by atoms with Crippen molar-refractivity contribution in [1.29, 1.82) is 0 Å². The number of rotatable bonds is 6. The fraction of sp³-hybridized carbons (Fsp3) is 0.400. The van der Waals surface area contributed by atoms with Gasteiger partial charge in [-0.3, -0.25) is 14.4 Å². The highest BCUT2D eigenvalue weighted by Crippen LogP contribution is 2.14. The molecule has 1 N–H and O–H groups in total. The number of fused-ring (bicyclic) bond motifs is 1. The molecule has 0 saturated heterocycles. The molecule has 0 amide bonds. The number of nitrogens with one attached hydrogen (secondary N) is 1. The maximum absolute atomic E-state index is 12.0. The summed E-state index contributed by atoms with van der Waals surface area (Å²) in [5.41, 5.74) is 1.88. The summed E-state index contributed by atoms with van der Waals surface area (Å²) >= 11 is 1.42. The Balaban J connectivity index is 1.69. The van der Waals surface area contributed by atoms with Gasteiger partial charge in [-0.2, -0.15) is 5.10 Å². The average Bonchev–Trinajstić information content (AvgIpc) is 3.08. The van der Waals surface area contributed by atoms with Gasteiger partial charge in [-0.05, 0) is 24.9 Å². The summed E-state index contributed by atoms with van der Waals surface area (Å²) in [5.74, 6) is 0.694. The normalized spacial score (nSPS) is 11.6. The molecule has 0 spiro atoms. The number of H-pyrrole nitrogens is 1. The summed E-state index contributed by atoms with van der Waals surface area (Å²) in [6.45, 7) is 4.44. The molecule has 116 valence electrons. The van der Waals surface area contributed by atoms with Gasteiger partial charge in [-0.15, -0.1) is 11.3 Å². The smallest absolute Gasteiger partial charge is 0.268 e. The first-order valence-electron chi connectivity index (χ1n) is 7.32. The number of aromatic amines is 1. The molecule has 0 atom stereocenters. The Morgan fingerprint density at radius 2 is 2.27 bits per heavy atom. The highest BCUT2D eigenvalue weighted by molar-refractivity contribution is 7.17. The van der Waals surface area contributed by atoms with E-state index in [1.807, 2.05) is 29.4 Å². The summed E-state index contributed by atoms with van der Waals surface area (Å²) in [4.78, 5) is 21.4. The van der Waals surface area contributed by atoms with Crippen LogP contribution in [-0.2, 0) is 19.6 Å². The monoisotopic (exact) mass is 317 g/mol. The Kier molecular flexibility index (Phi) is 4.35. The van der Waals surface area contributed by atoms with E-state index in [-0.39, 0.29) is 5.56 Å². The van der Waals surface area contributed by atoms with Crippen molar-refractivity contribution in [2.75, 3.05) is 7.05 Å². The number of thiophene rings is 1. The summed E-state index contributed by atoms with van der Waals surface area (Å²) in [6, 6.07) is 1.88. The second kappa shape index (κ2) is 6.41. The van der Waals surface area contributed by atoms with Crippen LogP contribution in [0.5, 0.6) is 0 Å². The Bertz CT molecular complexity index is 819. The quantitative estimate of drug-likeness (QED) is 0.757. The van der Waals surface area contributed by atoms with Gasteiger partial charge in [0.1, 0.15) is 10.5 Å². The van der Waals surface area contributed by atoms with Crippen LogP contribution in [0.2, 0.25) is 0 Å².